The van der Waals surface area contributed by atoms with E-state index in [1.54, 1.807) is 7.11 Å². The van der Waals surface area contributed by atoms with Gasteiger partial charge in [-0.25, -0.2) is 4.39 Å². The number of fused-ring (bicyclic) bond motifs is 1. The third-order valence-electron chi connectivity index (χ3n) is 6.37. The number of rotatable bonds is 9. The van der Waals surface area contributed by atoms with Gasteiger partial charge in [0.25, 0.3) is 0 Å². The number of methoxy groups -OCH3 is 1. The summed E-state index contributed by atoms with van der Waals surface area (Å²) in [6.45, 7) is 4.24. The molecule has 0 bridgehead atoms. The van der Waals surface area contributed by atoms with Gasteiger partial charge in [-0.3, -0.25) is 4.79 Å². The number of carboxylic acid groups (broad SMARTS) is 1. The Morgan fingerprint density at radius 2 is 1.71 bits per heavy atom. The Labute approximate surface area is 205 Å². The van der Waals surface area contributed by atoms with Crippen LogP contribution in [-0.4, -0.2) is 18.2 Å². The van der Waals surface area contributed by atoms with E-state index in [0.717, 1.165) is 38.8 Å². The van der Waals surface area contributed by atoms with E-state index < -0.39 is 5.97 Å². The van der Waals surface area contributed by atoms with Crippen molar-refractivity contribution in [3.05, 3.63) is 101 Å². The molecule has 2 atom stereocenters. The minimum Gasteiger partial charge on any atom is -0.497 e. The van der Waals surface area contributed by atoms with Crippen molar-refractivity contribution in [3.63, 3.8) is 0 Å². The van der Waals surface area contributed by atoms with Crippen molar-refractivity contribution in [2.75, 3.05) is 7.11 Å². The molecule has 5 heteroatoms. The molecule has 2 N–H and O–H groups in total. The predicted octanol–water partition coefficient (Wildman–Crippen LogP) is 7.08. The minimum absolute atomic E-state index is 0.0274. The molecule has 0 aliphatic rings. The van der Waals surface area contributed by atoms with Gasteiger partial charge in [0.15, 0.2) is 0 Å². The van der Waals surface area contributed by atoms with Crippen LogP contribution < -0.4 is 10.1 Å². The van der Waals surface area contributed by atoms with E-state index in [2.05, 4.69) is 43.4 Å². The molecule has 0 aliphatic carbocycles. The second kappa shape index (κ2) is 10.7. The van der Waals surface area contributed by atoms with Crippen LogP contribution >= 0.6 is 0 Å². The summed E-state index contributed by atoms with van der Waals surface area (Å²) in [5, 5.41) is 14.8. The Morgan fingerprint density at radius 3 is 2.49 bits per heavy atom. The third-order valence-corrected chi connectivity index (χ3v) is 6.37. The molecule has 1 unspecified atom stereocenters. The summed E-state index contributed by atoms with van der Waals surface area (Å²) in [5.41, 5.74) is 4.57. The third kappa shape index (κ3) is 5.87. The lowest BCUT2D eigenvalue weighted by Gasteiger charge is -2.22. The van der Waals surface area contributed by atoms with E-state index in [-0.39, 0.29) is 30.7 Å². The number of nitrogens with one attached hydrogen (secondary N) is 1. The number of carbonyl (C=O) groups is 1. The fraction of sp³-hybridized carbons (Fsp3) is 0.233. The monoisotopic (exact) mass is 471 g/mol. The molecule has 35 heavy (non-hydrogen) atoms. The number of halogens is 1. The van der Waals surface area contributed by atoms with Crippen LogP contribution in [0.4, 0.5) is 4.39 Å². The number of carboxylic acids is 1. The lowest BCUT2D eigenvalue weighted by Crippen LogP contribution is -2.22. The van der Waals surface area contributed by atoms with E-state index in [1.165, 1.54) is 12.1 Å². The van der Waals surface area contributed by atoms with Gasteiger partial charge >= 0.3 is 5.97 Å². The number of hydrogen-bond donors (Lipinski definition) is 2. The van der Waals surface area contributed by atoms with Gasteiger partial charge in [-0.2, -0.15) is 0 Å². The summed E-state index contributed by atoms with van der Waals surface area (Å²) in [6.07, 6.45) is 0.251. The molecule has 4 nitrogen and oxygen atoms in total. The van der Waals surface area contributed by atoms with E-state index in [4.69, 9.17) is 9.84 Å². The number of ether oxygens (including phenoxy) is 1. The maximum absolute atomic E-state index is 14.5. The van der Waals surface area contributed by atoms with Gasteiger partial charge in [0.2, 0.25) is 0 Å². The molecule has 0 fully saturated rings. The minimum atomic E-state index is -0.895. The first kappa shape index (κ1) is 24.4. The number of hydrogen-bond acceptors (Lipinski definition) is 3. The fourth-order valence-corrected chi connectivity index (χ4v) is 4.50. The molecule has 0 saturated heterocycles. The maximum atomic E-state index is 14.5. The largest absolute Gasteiger partial charge is 0.497 e. The van der Waals surface area contributed by atoms with Crippen molar-refractivity contribution in [2.45, 2.75) is 38.8 Å². The Morgan fingerprint density at radius 1 is 0.943 bits per heavy atom. The van der Waals surface area contributed by atoms with Gasteiger partial charge in [-0.15, -0.1) is 0 Å². The summed E-state index contributed by atoms with van der Waals surface area (Å²) in [6, 6.07) is 25.3. The topological polar surface area (TPSA) is 58.6 Å². The average molecular weight is 472 g/mol. The van der Waals surface area contributed by atoms with Crippen molar-refractivity contribution < 1.29 is 19.0 Å². The lowest BCUT2D eigenvalue weighted by atomic mass is 9.92. The Kier molecular flexibility index (Phi) is 7.47. The van der Waals surface area contributed by atoms with Gasteiger partial charge in [0, 0.05) is 18.5 Å². The molecule has 0 aromatic heterocycles. The second-order valence-corrected chi connectivity index (χ2v) is 8.92. The van der Waals surface area contributed by atoms with Crippen molar-refractivity contribution in [3.8, 4) is 16.9 Å². The molecule has 0 amide bonds. The first-order valence-corrected chi connectivity index (χ1v) is 11.8. The summed E-state index contributed by atoms with van der Waals surface area (Å²) < 4.78 is 19.9. The highest BCUT2D eigenvalue weighted by Gasteiger charge is 2.16. The molecule has 4 aromatic rings. The van der Waals surface area contributed by atoms with Crippen LogP contribution in [-0.2, 0) is 11.2 Å². The zero-order valence-electron chi connectivity index (χ0n) is 20.2. The summed E-state index contributed by atoms with van der Waals surface area (Å²) in [5.74, 6) is -0.440. The molecule has 4 rings (SSSR count). The highest BCUT2D eigenvalue weighted by Crippen LogP contribution is 2.34. The van der Waals surface area contributed by atoms with Gasteiger partial charge in [0.1, 0.15) is 11.6 Å². The van der Waals surface area contributed by atoms with Crippen LogP contribution in [0, 0.1) is 5.82 Å². The molecule has 0 spiro atoms. The van der Waals surface area contributed by atoms with E-state index in [1.807, 2.05) is 42.5 Å². The first-order chi connectivity index (χ1) is 16.8. The van der Waals surface area contributed by atoms with Crippen LogP contribution in [0.2, 0.25) is 0 Å². The van der Waals surface area contributed by atoms with Crippen LogP contribution in [0.5, 0.6) is 5.75 Å². The van der Waals surface area contributed by atoms with Crippen molar-refractivity contribution in [1.29, 1.82) is 0 Å². The van der Waals surface area contributed by atoms with Crippen molar-refractivity contribution in [2.24, 2.45) is 0 Å². The van der Waals surface area contributed by atoms with Gasteiger partial charge in [-0.05, 0) is 95.3 Å². The van der Waals surface area contributed by atoms with Gasteiger partial charge < -0.3 is 15.2 Å². The lowest BCUT2D eigenvalue weighted by molar-refractivity contribution is -0.136. The van der Waals surface area contributed by atoms with Crippen molar-refractivity contribution in [1.82, 2.24) is 5.32 Å². The number of aryl methyl sites for hydroxylation is 1. The molecule has 0 heterocycles. The molecule has 4 aromatic carbocycles. The van der Waals surface area contributed by atoms with Crippen molar-refractivity contribution >= 4 is 16.7 Å². The first-order valence-electron chi connectivity index (χ1n) is 11.8. The number of aliphatic carboxylic acids is 1. The summed E-state index contributed by atoms with van der Waals surface area (Å²) in [4.78, 5) is 11.0. The molecule has 0 saturated carbocycles. The Bertz CT molecular complexity index is 1350. The zero-order valence-corrected chi connectivity index (χ0v) is 20.2. The fourth-order valence-electron chi connectivity index (χ4n) is 4.50. The van der Waals surface area contributed by atoms with E-state index in [0.29, 0.717) is 5.56 Å². The SMILES string of the molecule is COc1cccc([C@@H](C)NC(C)c2cc(-c3cc(F)cc(CCC(=O)O)c3)c3ccccc3c2)c1. The molecular weight excluding hydrogens is 441 g/mol. The maximum Gasteiger partial charge on any atom is 0.303 e. The van der Waals surface area contributed by atoms with Crippen LogP contribution in [0.15, 0.2) is 78.9 Å². The summed E-state index contributed by atoms with van der Waals surface area (Å²) in [7, 11) is 1.66. The Balaban J connectivity index is 1.70. The van der Waals surface area contributed by atoms with Gasteiger partial charge in [-0.1, -0.05) is 42.5 Å². The normalized spacial score (nSPS) is 12.9. The van der Waals surface area contributed by atoms with Gasteiger partial charge in [0.05, 0.1) is 7.11 Å². The average Bonchev–Trinajstić information content (AvgIpc) is 2.86. The zero-order chi connectivity index (χ0) is 24.9. The number of benzene rings is 4. The molecule has 0 radical (unpaired) electrons. The molecule has 0 aliphatic heterocycles. The standard InChI is InChI=1S/C30H30FNO3/c1-19(22-8-6-9-27(17-22)35-3)32-20(2)24-15-23-7-4-5-10-28(23)29(18-24)25-13-21(11-12-30(33)34)14-26(31)16-25/h4-10,13-20,32H,11-12H2,1-3H3,(H,33,34)/t19-,20?/m1/s1. The van der Waals surface area contributed by atoms with E-state index in [9.17, 15) is 9.18 Å². The van der Waals surface area contributed by atoms with Crippen LogP contribution in [0.1, 0.15) is 49.0 Å². The molecule has 180 valence electrons. The summed E-state index contributed by atoms with van der Waals surface area (Å²) >= 11 is 0. The highest BCUT2D eigenvalue weighted by atomic mass is 19.1. The quantitative estimate of drug-likeness (QED) is 0.274. The van der Waals surface area contributed by atoms with Crippen LogP contribution in [0.3, 0.4) is 0 Å². The van der Waals surface area contributed by atoms with Crippen LogP contribution in [0.25, 0.3) is 21.9 Å². The molecular formula is C30H30FNO3. The van der Waals surface area contributed by atoms with E-state index >= 15 is 0 Å². The second-order valence-electron chi connectivity index (χ2n) is 8.92. The smallest absolute Gasteiger partial charge is 0.303 e. The Hall–Kier alpha value is -3.70. The predicted molar refractivity (Wildman–Crippen MR) is 138 cm³/mol. The highest BCUT2D eigenvalue weighted by molar-refractivity contribution is 5.97.